The Morgan fingerprint density at radius 1 is 1.11 bits per heavy atom. The molecular weight excluding hydrogens is 368 g/mol. The lowest BCUT2D eigenvalue weighted by molar-refractivity contribution is -0.136. The van der Waals surface area contributed by atoms with Gasteiger partial charge in [0, 0.05) is 37.7 Å². The van der Waals surface area contributed by atoms with E-state index in [1.807, 2.05) is 24.3 Å². The number of carbonyl (C=O) groups is 2. The molecule has 0 radical (unpaired) electrons. The van der Waals surface area contributed by atoms with Gasteiger partial charge in [-0.15, -0.1) is 0 Å². The van der Waals surface area contributed by atoms with Crippen LogP contribution in [0.25, 0.3) is 0 Å². The highest BCUT2D eigenvalue weighted by Gasteiger charge is 2.23. The number of hydrogen-bond acceptors (Lipinski definition) is 5. The van der Waals surface area contributed by atoms with Crippen molar-refractivity contribution in [1.82, 2.24) is 9.80 Å². The Labute approximate surface area is 163 Å². The lowest BCUT2D eigenvalue weighted by atomic mass is 10.2. The summed E-state index contributed by atoms with van der Waals surface area (Å²) < 4.78 is 10.5. The van der Waals surface area contributed by atoms with E-state index in [0.717, 1.165) is 24.7 Å². The number of ether oxygens (including phenoxy) is 1. The van der Waals surface area contributed by atoms with Crippen molar-refractivity contribution in [2.45, 2.75) is 20.4 Å². The number of amides is 1. The van der Waals surface area contributed by atoms with Gasteiger partial charge in [0.2, 0.25) is 0 Å². The van der Waals surface area contributed by atoms with Crippen LogP contribution in [0.15, 0.2) is 34.7 Å². The first kappa shape index (κ1) is 19.5. The molecule has 0 aliphatic carbocycles. The molecule has 6 nitrogen and oxygen atoms in total. The SMILES string of the molecule is Cc1cc(C(=O)OCC(=O)N2CCN(Cc3ccc(Cl)cc3)CC2)c(C)o1. The van der Waals surface area contributed by atoms with Crippen molar-refractivity contribution in [3.63, 3.8) is 0 Å². The first-order valence-electron chi connectivity index (χ1n) is 8.91. The Morgan fingerprint density at radius 3 is 2.37 bits per heavy atom. The summed E-state index contributed by atoms with van der Waals surface area (Å²) in [5, 5.41) is 0.726. The van der Waals surface area contributed by atoms with Gasteiger partial charge < -0.3 is 14.1 Å². The van der Waals surface area contributed by atoms with Crippen LogP contribution in [0.4, 0.5) is 0 Å². The van der Waals surface area contributed by atoms with Crippen LogP contribution in [-0.4, -0.2) is 54.5 Å². The van der Waals surface area contributed by atoms with Crippen LogP contribution in [0.2, 0.25) is 5.02 Å². The molecule has 0 bridgehead atoms. The molecule has 0 N–H and O–H groups in total. The summed E-state index contributed by atoms with van der Waals surface area (Å²) in [4.78, 5) is 28.4. The molecular formula is C20H23ClN2O4. The molecule has 2 heterocycles. The molecule has 1 fully saturated rings. The van der Waals surface area contributed by atoms with Gasteiger partial charge in [-0.05, 0) is 37.6 Å². The molecule has 0 atom stereocenters. The second-order valence-electron chi connectivity index (χ2n) is 6.69. The van der Waals surface area contributed by atoms with Crippen molar-refractivity contribution in [3.8, 4) is 0 Å². The number of nitrogens with zero attached hydrogens (tertiary/aromatic N) is 2. The minimum atomic E-state index is -0.529. The van der Waals surface area contributed by atoms with Crippen LogP contribution in [0.3, 0.4) is 0 Å². The predicted molar refractivity (Wildman–Crippen MR) is 102 cm³/mol. The molecule has 0 unspecified atom stereocenters. The number of halogens is 1. The van der Waals surface area contributed by atoms with Gasteiger partial charge in [-0.3, -0.25) is 9.69 Å². The van der Waals surface area contributed by atoms with Gasteiger partial charge in [-0.2, -0.15) is 0 Å². The zero-order valence-electron chi connectivity index (χ0n) is 15.5. The summed E-state index contributed by atoms with van der Waals surface area (Å²) in [6.45, 7) is 6.84. The lowest BCUT2D eigenvalue weighted by Crippen LogP contribution is -2.49. The van der Waals surface area contributed by atoms with E-state index < -0.39 is 5.97 Å². The Bertz CT molecular complexity index is 808. The molecule has 1 aliphatic heterocycles. The highest BCUT2D eigenvalue weighted by atomic mass is 35.5. The maximum absolute atomic E-state index is 12.3. The Morgan fingerprint density at radius 2 is 1.78 bits per heavy atom. The number of aryl methyl sites for hydroxylation is 2. The summed E-state index contributed by atoms with van der Waals surface area (Å²) in [5.41, 5.74) is 1.56. The van der Waals surface area contributed by atoms with Gasteiger partial charge in [-0.1, -0.05) is 23.7 Å². The number of hydrogen-bond donors (Lipinski definition) is 0. The number of benzene rings is 1. The average molecular weight is 391 g/mol. The van der Waals surface area contributed by atoms with Crippen molar-refractivity contribution in [2.75, 3.05) is 32.8 Å². The molecule has 2 aromatic rings. The first-order valence-corrected chi connectivity index (χ1v) is 9.29. The summed E-state index contributed by atoms with van der Waals surface area (Å²) in [5.74, 6) is 0.440. The number of rotatable bonds is 5. The standard InChI is InChI=1S/C20H23ClN2O4/c1-14-11-18(15(2)27-14)20(25)26-13-19(24)23-9-7-22(8-10-23)12-16-3-5-17(21)6-4-16/h3-6,11H,7-10,12-13H2,1-2H3. The van der Waals surface area contributed by atoms with Crippen LogP contribution in [0.1, 0.15) is 27.4 Å². The summed E-state index contributed by atoms with van der Waals surface area (Å²) in [6.07, 6.45) is 0. The summed E-state index contributed by atoms with van der Waals surface area (Å²) >= 11 is 5.91. The molecule has 7 heteroatoms. The second kappa shape index (κ2) is 8.59. The van der Waals surface area contributed by atoms with Crippen molar-refractivity contribution in [3.05, 3.63) is 58.0 Å². The number of furan rings is 1. The van der Waals surface area contributed by atoms with Gasteiger partial charge in [-0.25, -0.2) is 4.79 Å². The van der Waals surface area contributed by atoms with Crippen molar-refractivity contribution in [2.24, 2.45) is 0 Å². The highest BCUT2D eigenvalue weighted by molar-refractivity contribution is 6.30. The molecule has 0 spiro atoms. The molecule has 1 aromatic heterocycles. The van der Waals surface area contributed by atoms with Crippen LogP contribution < -0.4 is 0 Å². The highest BCUT2D eigenvalue weighted by Crippen LogP contribution is 2.15. The van der Waals surface area contributed by atoms with E-state index in [9.17, 15) is 9.59 Å². The van der Waals surface area contributed by atoms with E-state index in [1.54, 1.807) is 24.8 Å². The minimum Gasteiger partial charge on any atom is -0.466 e. The zero-order valence-corrected chi connectivity index (χ0v) is 16.3. The molecule has 144 valence electrons. The van der Waals surface area contributed by atoms with E-state index in [-0.39, 0.29) is 12.5 Å². The second-order valence-corrected chi connectivity index (χ2v) is 7.12. The normalized spacial score (nSPS) is 15.0. The smallest absolute Gasteiger partial charge is 0.342 e. The van der Waals surface area contributed by atoms with Crippen molar-refractivity contribution < 1.29 is 18.7 Å². The number of esters is 1. The topological polar surface area (TPSA) is 63.0 Å². The van der Waals surface area contributed by atoms with Crippen LogP contribution in [-0.2, 0) is 16.1 Å². The average Bonchev–Trinajstić information content (AvgIpc) is 3.00. The predicted octanol–water partition coefficient (Wildman–Crippen LogP) is 3.05. The number of carbonyl (C=O) groups excluding carboxylic acids is 2. The summed E-state index contributed by atoms with van der Waals surface area (Å²) in [6, 6.07) is 9.41. The molecule has 0 saturated carbocycles. The lowest BCUT2D eigenvalue weighted by Gasteiger charge is -2.34. The largest absolute Gasteiger partial charge is 0.466 e. The molecule has 1 aromatic carbocycles. The zero-order chi connectivity index (χ0) is 19.4. The molecule has 1 aliphatic rings. The fourth-order valence-electron chi connectivity index (χ4n) is 3.13. The molecule has 27 heavy (non-hydrogen) atoms. The van der Waals surface area contributed by atoms with Crippen LogP contribution in [0.5, 0.6) is 0 Å². The Balaban J connectivity index is 1.43. The summed E-state index contributed by atoms with van der Waals surface area (Å²) in [7, 11) is 0. The van der Waals surface area contributed by atoms with E-state index in [1.165, 1.54) is 5.56 Å². The molecule has 1 saturated heterocycles. The van der Waals surface area contributed by atoms with Crippen LogP contribution >= 0.6 is 11.6 Å². The maximum atomic E-state index is 12.3. The van der Waals surface area contributed by atoms with Gasteiger partial charge in [0.25, 0.3) is 5.91 Å². The van der Waals surface area contributed by atoms with Crippen molar-refractivity contribution >= 4 is 23.5 Å². The Hall–Kier alpha value is -2.31. The van der Waals surface area contributed by atoms with E-state index in [2.05, 4.69) is 4.90 Å². The number of piperazine rings is 1. The van der Waals surface area contributed by atoms with Gasteiger partial charge in [0.1, 0.15) is 17.1 Å². The minimum absolute atomic E-state index is 0.174. The van der Waals surface area contributed by atoms with Gasteiger partial charge in [0.15, 0.2) is 6.61 Å². The van der Waals surface area contributed by atoms with E-state index >= 15 is 0 Å². The van der Waals surface area contributed by atoms with E-state index in [4.69, 9.17) is 20.8 Å². The Kier molecular flexibility index (Phi) is 6.19. The molecule has 1 amide bonds. The fraction of sp³-hybridized carbons (Fsp3) is 0.400. The first-order chi connectivity index (χ1) is 12.9. The third-order valence-electron chi connectivity index (χ3n) is 4.63. The quantitative estimate of drug-likeness (QED) is 0.734. The van der Waals surface area contributed by atoms with E-state index in [0.29, 0.717) is 30.2 Å². The fourth-order valence-corrected chi connectivity index (χ4v) is 3.26. The van der Waals surface area contributed by atoms with Crippen LogP contribution in [0, 0.1) is 13.8 Å². The third-order valence-corrected chi connectivity index (χ3v) is 4.88. The van der Waals surface area contributed by atoms with Crippen molar-refractivity contribution in [1.29, 1.82) is 0 Å². The maximum Gasteiger partial charge on any atom is 0.342 e. The van der Waals surface area contributed by atoms with Gasteiger partial charge in [0.05, 0.1) is 0 Å². The molecule has 3 rings (SSSR count). The third kappa shape index (κ3) is 5.11. The van der Waals surface area contributed by atoms with Gasteiger partial charge >= 0.3 is 5.97 Å². The monoisotopic (exact) mass is 390 g/mol.